The van der Waals surface area contributed by atoms with Gasteiger partial charge in [0.1, 0.15) is 12.6 Å². The molecule has 0 heterocycles. The normalized spacial score (nSPS) is 12.0. The summed E-state index contributed by atoms with van der Waals surface area (Å²) < 4.78 is 28.3. The first-order valence-electron chi connectivity index (χ1n) is 11.1. The molecule has 0 saturated heterocycles. The summed E-state index contributed by atoms with van der Waals surface area (Å²) in [7, 11) is -2.73. The predicted molar refractivity (Wildman–Crippen MR) is 143 cm³/mol. The summed E-state index contributed by atoms with van der Waals surface area (Å²) in [4.78, 5) is 27.6. The van der Waals surface area contributed by atoms with Crippen molar-refractivity contribution in [3.05, 3.63) is 94.0 Å². The van der Waals surface area contributed by atoms with Gasteiger partial charge < -0.3 is 10.2 Å². The van der Waals surface area contributed by atoms with Crippen LogP contribution in [0.3, 0.4) is 0 Å². The Morgan fingerprint density at radius 2 is 1.58 bits per heavy atom. The molecule has 0 bridgehead atoms. The molecule has 1 N–H and O–H groups in total. The SMILES string of the molecule is CNC(=O)C(C)N(Cc1ccccc1C)C(=O)CN(c1cccc(Cl)c1Cl)S(=O)(=O)c1ccccc1. The van der Waals surface area contributed by atoms with E-state index in [1.165, 1.54) is 36.2 Å². The molecule has 0 fully saturated rings. The van der Waals surface area contributed by atoms with Crippen molar-refractivity contribution in [1.82, 2.24) is 10.2 Å². The van der Waals surface area contributed by atoms with E-state index in [4.69, 9.17) is 23.2 Å². The second kappa shape index (κ2) is 11.8. The van der Waals surface area contributed by atoms with Crippen molar-refractivity contribution >= 4 is 50.7 Å². The largest absolute Gasteiger partial charge is 0.357 e. The second-order valence-electron chi connectivity index (χ2n) is 8.14. The summed E-state index contributed by atoms with van der Waals surface area (Å²) in [5.74, 6) is -0.958. The number of nitrogens with zero attached hydrogens (tertiary/aromatic N) is 2. The molecule has 3 rings (SSSR count). The van der Waals surface area contributed by atoms with E-state index in [1.807, 2.05) is 31.2 Å². The zero-order valence-electron chi connectivity index (χ0n) is 20.1. The topological polar surface area (TPSA) is 86.8 Å². The molecule has 1 unspecified atom stereocenters. The van der Waals surface area contributed by atoms with E-state index in [0.717, 1.165) is 15.4 Å². The van der Waals surface area contributed by atoms with Crippen LogP contribution < -0.4 is 9.62 Å². The van der Waals surface area contributed by atoms with Crippen molar-refractivity contribution in [3.63, 3.8) is 0 Å². The zero-order valence-corrected chi connectivity index (χ0v) is 22.4. The van der Waals surface area contributed by atoms with E-state index in [-0.39, 0.29) is 33.1 Å². The molecule has 0 saturated carbocycles. The van der Waals surface area contributed by atoms with Gasteiger partial charge in [-0.15, -0.1) is 0 Å². The molecule has 0 aliphatic rings. The third-order valence-electron chi connectivity index (χ3n) is 5.83. The lowest BCUT2D eigenvalue weighted by atomic mass is 10.1. The number of nitrogens with one attached hydrogen (secondary N) is 1. The molecule has 1 atom stereocenters. The van der Waals surface area contributed by atoms with Crippen LogP contribution in [0, 0.1) is 6.92 Å². The number of sulfonamides is 1. The highest BCUT2D eigenvalue weighted by Crippen LogP contribution is 2.35. The molecule has 0 aliphatic heterocycles. The second-order valence-corrected chi connectivity index (χ2v) is 10.8. The van der Waals surface area contributed by atoms with Crippen molar-refractivity contribution in [2.75, 3.05) is 17.9 Å². The van der Waals surface area contributed by atoms with Crippen LogP contribution >= 0.6 is 23.2 Å². The lowest BCUT2D eigenvalue weighted by Gasteiger charge is -2.32. The number of aryl methyl sites for hydroxylation is 1. The van der Waals surface area contributed by atoms with Gasteiger partial charge in [0.15, 0.2) is 0 Å². The quantitative estimate of drug-likeness (QED) is 0.422. The van der Waals surface area contributed by atoms with Gasteiger partial charge in [-0.05, 0) is 49.2 Å². The van der Waals surface area contributed by atoms with E-state index in [9.17, 15) is 18.0 Å². The standard InChI is InChI=1S/C26H27Cl2N3O4S/c1-18-10-7-8-11-20(18)16-30(19(2)26(33)29-3)24(32)17-31(23-15-9-14-22(27)25(23)28)36(34,35)21-12-5-4-6-13-21/h4-15,19H,16-17H2,1-3H3,(H,29,33). The molecule has 190 valence electrons. The third kappa shape index (κ3) is 6.00. The van der Waals surface area contributed by atoms with Crippen molar-refractivity contribution in [1.29, 1.82) is 0 Å². The first-order valence-corrected chi connectivity index (χ1v) is 13.3. The van der Waals surface area contributed by atoms with Crippen LogP contribution in [0.2, 0.25) is 10.0 Å². The average Bonchev–Trinajstić information content (AvgIpc) is 2.88. The number of hydrogen-bond acceptors (Lipinski definition) is 4. The number of hydrogen-bond donors (Lipinski definition) is 1. The number of amides is 2. The van der Waals surface area contributed by atoms with Crippen molar-refractivity contribution in [2.24, 2.45) is 0 Å². The van der Waals surface area contributed by atoms with Crippen molar-refractivity contribution < 1.29 is 18.0 Å². The Morgan fingerprint density at radius 3 is 2.22 bits per heavy atom. The van der Waals surface area contributed by atoms with Gasteiger partial charge >= 0.3 is 0 Å². The van der Waals surface area contributed by atoms with E-state index >= 15 is 0 Å². The molecule has 0 radical (unpaired) electrons. The number of anilines is 1. The van der Waals surface area contributed by atoms with Gasteiger partial charge in [0.25, 0.3) is 10.0 Å². The minimum absolute atomic E-state index is 0.00345. The summed E-state index contributed by atoms with van der Waals surface area (Å²) in [5.41, 5.74) is 1.83. The number of carbonyl (C=O) groups excluding carboxylic acids is 2. The van der Waals surface area contributed by atoms with Gasteiger partial charge in [0.05, 0.1) is 20.6 Å². The van der Waals surface area contributed by atoms with E-state index in [1.54, 1.807) is 31.2 Å². The van der Waals surface area contributed by atoms with Gasteiger partial charge in [0.2, 0.25) is 11.8 Å². The number of rotatable bonds is 9. The highest BCUT2D eigenvalue weighted by molar-refractivity contribution is 7.92. The third-order valence-corrected chi connectivity index (χ3v) is 8.41. The Balaban J connectivity index is 2.08. The molecule has 36 heavy (non-hydrogen) atoms. The molecule has 7 nitrogen and oxygen atoms in total. The van der Waals surface area contributed by atoms with Crippen molar-refractivity contribution in [2.45, 2.75) is 31.3 Å². The molecule has 3 aromatic rings. The smallest absolute Gasteiger partial charge is 0.264 e. The Hall–Kier alpha value is -3.07. The zero-order chi connectivity index (χ0) is 26.5. The van der Waals surface area contributed by atoms with Crippen LogP contribution in [0.5, 0.6) is 0 Å². The highest BCUT2D eigenvalue weighted by atomic mass is 35.5. The summed E-state index contributed by atoms with van der Waals surface area (Å²) in [6.07, 6.45) is 0. The Kier molecular flexibility index (Phi) is 9.00. The van der Waals surface area contributed by atoms with Gasteiger partial charge in [-0.1, -0.05) is 71.7 Å². The van der Waals surface area contributed by atoms with E-state index in [2.05, 4.69) is 5.32 Å². The Labute approximate surface area is 221 Å². The monoisotopic (exact) mass is 547 g/mol. The van der Waals surface area contributed by atoms with Crippen molar-refractivity contribution in [3.8, 4) is 0 Å². The number of benzene rings is 3. The van der Waals surface area contributed by atoms with Crippen LogP contribution in [0.25, 0.3) is 0 Å². The maximum atomic E-state index is 13.7. The molecule has 0 spiro atoms. The maximum absolute atomic E-state index is 13.7. The number of carbonyl (C=O) groups is 2. The first kappa shape index (κ1) is 27.5. The summed E-state index contributed by atoms with van der Waals surface area (Å²) in [6, 6.07) is 18.9. The Bertz CT molecular complexity index is 1350. The van der Waals surface area contributed by atoms with Crippen LogP contribution in [0.15, 0.2) is 77.7 Å². The minimum Gasteiger partial charge on any atom is -0.357 e. The van der Waals surface area contributed by atoms with Gasteiger partial charge in [-0.3, -0.25) is 13.9 Å². The fourth-order valence-electron chi connectivity index (χ4n) is 3.68. The fraction of sp³-hybridized carbons (Fsp3) is 0.231. The molecular formula is C26H27Cl2N3O4S. The maximum Gasteiger partial charge on any atom is 0.264 e. The predicted octanol–water partition coefficient (Wildman–Crippen LogP) is 4.66. The lowest BCUT2D eigenvalue weighted by Crippen LogP contribution is -2.50. The van der Waals surface area contributed by atoms with E-state index in [0.29, 0.717) is 0 Å². The van der Waals surface area contributed by atoms with Crippen LogP contribution in [0.4, 0.5) is 5.69 Å². The van der Waals surface area contributed by atoms with Crippen LogP contribution in [-0.2, 0) is 26.2 Å². The molecule has 0 aromatic heterocycles. The lowest BCUT2D eigenvalue weighted by molar-refractivity contribution is -0.139. The summed E-state index contributed by atoms with van der Waals surface area (Å²) in [6.45, 7) is 3.02. The van der Waals surface area contributed by atoms with Gasteiger partial charge in [-0.25, -0.2) is 8.42 Å². The summed E-state index contributed by atoms with van der Waals surface area (Å²) in [5, 5.41) is 2.70. The molecule has 10 heteroatoms. The summed E-state index contributed by atoms with van der Waals surface area (Å²) >= 11 is 12.6. The van der Waals surface area contributed by atoms with E-state index < -0.39 is 28.5 Å². The molecule has 3 aromatic carbocycles. The highest BCUT2D eigenvalue weighted by Gasteiger charge is 2.33. The Morgan fingerprint density at radius 1 is 0.944 bits per heavy atom. The molecular weight excluding hydrogens is 521 g/mol. The molecule has 0 aliphatic carbocycles. The van der Waals surface area contributed by atoms with Gasteiger partial charge in [0, 0.05) is 13.6 Å². The molecule has 2 amide bonds. The number of halogens is 2. The fourth-order valence-corrected chi connectivity index (χ4v) is 5.58. The van der Waals surface area contributed by atoms with Crippen LogP contribution in [-0.4, -0.2) is 44.8 Å². The number of likely N-dealkylation sites (N-methyl/N-ethyl adjacent to an activating group) is 1. The minimum atomic E-state index is -4.21. The van der Waals surface area contributed by atoms with Crippen LogP contribution in [0.1, 0.15) is 18.1 Å². The first-order chi connectivity index (χ1) is 17.1. The average molecular weight is 548 g/mol. The van der Waals surface area contributed by atoms with Gasteiger partial charge in [-0.2, -0.15) is 0 Å².